The summed E-state index contributed by atoms with van der Waals surface area (Å²) in [4.78, 5) is 24.2. The Morgan fingerprint density at radius 3 is 2.35 bits per heavy atom. The molecule has 116 valence electrons. The molecule has 2 aromatic carbocycles. The van der Waals surface area contributed by atoms with Crippen molar-refractivity contribution in [3.63, 3.8) is 0 Å². The molecule has 3 aromatic rings. The lowest BCUT2D eigenvalue weighted by molar-refractivity contribution is -0.120. The Balaban J connectivity index is 1.92. The first-order valence-electron chi connectivity index (χ1n) is 7.21. The molecular formula is C18H16N2O3. The summed E-state index contributed by atoms with van der Waals surface area (Å²) in [6, 6.07) is 15.3. The van der Waals surface area contributed by atoms with E-state index >= 15 is 0 Å². The second-order valence-corrected chi connectivity index (χ2v) is 5.27. The predicted molar refractivity (Wildman–Crippen MR) is 86.8 cm³/mol. The average molecular weight is 308 g/mol. The number of furan rings is 1. The Morgan fingerprint density at radius 1 is 1.04 bits per heavy atom. The number of primary amides is 1. The van der Waals surface area contributed by atoms with Crippen molar-refractivity contribution in [2.24, 2.45) is 5.73 Å². The maximum absolute atomic E-state index is 12.5. The number of aryl methyl sites for hydroxylation is 1. The Labute approximate surface area is 133 Å². The Kier molecular flexibility index (Phi) is 3.85. The highest BCUT2D eigenvalue weighted by atomic mass is 16.3. The van der Waals surface area contributed by atoms with Gasteiger partial charge in [0.05, 0.1) is 0 Å². The van der Waals surface area contributed by atoms with E-state index in [1.165, 1.54) is 0 Å². The fourth-order valence-corrected chi connectivity index (χ4v) is 2.55. The fourth-order valence-electron chi connectivity index (χ4n) is 2.55. The van der Waals surface area contributed by atoms with Crippen molar-refractivity contribution in [2.45, 2.75) is 13.0 Å². The van der Waals surface area contributed by atoms with Gasteiger partial charge < -0.3 is 15.5 Å². The second kappa shape index (κ2) is 5.96. The van der Waals surface area contributed by atoms with E-state index in [2.05, 4.69) is 5.32 Å². The maximum Gasteiger partial charge on any atom is 0.288 e. The van der Waals surface area contributed by atoms with Crippen LogP contribution in [0.3, 0.4) is 0 Å². The van der Waals surface area contributed by atoms with Gasteiger partial charge in [0.2, 0.25) is 5.91 Å². The van der Waals surface area contributed by atoms with Gasteiger partial charge in [-0.3, -0.25) is 9.59 Å². The molecular weight excluding hydrogens is 292 g/mol. The van der Waals surface area contributed by atoms with Crippen LogP contribution in [0.4, 0.5) is 0 Å². The Bertz CT molecular complexity index is 868. The Morgan fingerprint density at radius 2 is 1.70 bits per heavy atom. The summed E-state index contributed by atoms with van der Waals surface area (Å²) < 4.78 is 5.61. The third-order valence-electron chi connectivity index (χ3n) is 3.74. The molecule has 2 amide bonds. The summed E-state index contributed by atoms with van der Waals surface area (Å²) in [7, 11) is 0. The number of nitrogens with one attached hydrogen (secondary N) is 1. The van der Waals surface area contributed by atoms with Crippen molar-refractivity contribution in [1.29, 1.82) is 0 Å². The minimum atomic E-state index is -0.906. The molecule has 0 aliphatic carbocycles. The molecule has 1 aromatic heterocycles. The summed E-state index contributed by atoms with van der Waals surface area (Å²) in [6.07, 6.45) is 0. The van der Waals surface area contributed by atoms with Crippen molar-refractivity contribution in [2.75, 3.05) is 0 Å². The number of carbonyl (C=O) groups excluding carboxylic acids is 2. The maximum atomic E-state index is 12.5. The monoisotopic (exact) mass is 308 g/mol. The minimum Gasteiger partial charge on any atom is -0.451 e. The largest absolute Gasteiger partial charge is 0.451 e. The van der Waals surface area contributed by atoms with E-state index in [0.717, 1.165) is 10.9 Å². The van der Waals surface area contributed by atoms with Crippen LogP contribution < -0.4 is 11.1 Å². The van der Waals surface area contributed by atoms with Gasteiger partial charge in [-0.25, -0.2) is 0 Å². The molecule has 1 unspecified atom stereocenters. The molecule has 0 aliphatic heterocycles. The number of fused-ring (bicyclic) bond motifs is 1. The lowest BCUT2D eigenvalue weighted by atomic mass is 10.1. The van der Waals surface area contributed by atoms with Crippen LogP contribution in [0, 0.1) is 6.92 Å². The van der Waals surface area contributed by atoms with Crippen molar-refractivity contribution in [1.82, 2.24) is 5.32 Å². The molecule has 3 N–H and O–H groups in total. The summed E-state index contributed by atoms with van der Waals surface area (Å²) in [5.74, 6) is -0.905. The summed E-state index contributed by atoms with van der Waals surface area (Å²) in [5, 5.41) is 3.51. The first kappa shape index (κ1) is 14.8. The minimum absolute atomic E-state index is 0.188. The first-order chi connectivity index (χ1) is 11.1. The highest BCUT2D eigenvalue weighted by Gasteiger charge is 2.24. The highest BCUT2D eigenvalue weighted by Crippen LogP contribution is 2.25. The molecule has 1 atom stereocenters. The molecule has 0 saturated heterocycles. The zero-order valence-corrected chi connectivity index (χ0v) is 12.6. The SMILES string of the molecule is Cc1c(C(=O)NC(C(N)=O)c2ccccc2)oc2ccccc12. The van der Waals surface area contributed by atoms with Crippen LogP contribution in [0.15, 0.2) is 59.0 Å². The van der Waals surface area contributed by atoms with E-state index in [0.29, 0.717) is 11.1 Å². The molecule has 0 fully saturated rings. The zero-order chi connectivity index (χ0) is 16.4. The van der Waals surface area contributed by atoms with E-state index in [-0.39, 0.29) is 5.76 Å². The van der Waals surface area contributed by atoms with E-state index < -0.39 is 17.9 Å². The number of benzene rings is 2. The number of hydrogen-bond donors (Lipinski definition) is 2. The highest BCUT2D eigenvalue weighted by molar-refractivity contribution is 6.00. The molecule has 0 saturated carbocycles. The van der Waals surface area contributed by atoms with Gasteiger partial charge >= 0.3 is 0 Å². The Hall–Kier alpha value is -3.08. The van der Waals surface area contributed by atoms with Crippen LogP contribution in [0.5, 0.6) is 0 Å². The molecule has 0 spiro atoms. The number of rotatable bonds is 4. The molecule has 5 heteroatoms. The van der Waals surface area contributed by atoms with Crippen LogP contribution >= 0.6 is 0 Å². The van der Waals surface area contributed by atoms with Gasteiger partial charge in [0.15, 0.2) is 5.76 Å². The molecule has 23 heavy (non-hydrogen) atoms. The fraction of sp³-hybridized carbons (Fsp3) is 0.111. The van der Waals surface area contributed by atoms with Gasteiger partial charge in [-0.1, -0.05) is 48.5 Å². The van der Waals surface area contributed by atoms with Gasteiger partial charge in [-0.15, -0.1) is 0 Å². The van der Waals surface area contributed by atoms with Crippen LogP contribution in [0.2, 0.25) is 0 Å². The molecule has 0 radical (unpaired) electrons. The van der Waals surface area contributed by atoms with Crippen molar-refractivity contribution in [3.05, 3.63) is 71.5 Å². The topological polar surface area (TPSA) is 85.3 Å². The molecule has 5 nitrogen and oxygen atoms in total. The molecule has 0 bridgehead atoms. The van der Waals surface area contributed by atoms with Gasteiger partial charge in [0, 0.05) is 10.9 Å². The smallest absolute Gasteiger partial charge is 0.288 e. The average Bonchev–Trinajstić information content (AvgIpc) is 2.90. The summed E-state index contributed by atoms with van der Waals surface area (Å²) in [6.45, 7) is 1.81. The lowest BCUT2D eigenvalue weighted by Gasteiger charge is -2.15. The normalized spacial score (nSPS) is 12.0. The summed E-state index contributed by atoms with van der Waals surface area (Å²) in [5.41, 5.74) is 7.41. The van der Waals surface area contributed by atoms with Crippen LogP contribution in [0.25, 0.3) is 11.0 Å². The van der Waals surface area contributed by atoms with E-state index in [4.69, 9.17) is 10.2 Å². The number of para-hydroxylation sites is 1. The third kappa shape index (κ3) is 2.81. The van der Waals surface area contributed by atoms with E-state index in [1.807, 2.05) is 31.2 Å². The quantitative estimate of drug-likeness (QED) is 0.777. The lowest BCUT2D eigenvalue weighted by Crippen LogP contribution is -2.37. The predicted octanol–water partition coefficient (Wildman–Crippen LogP) is 2.70. The van der Waals surface area contributed by atoms with Crippen LogP contribution in [-0.4, -0.2) is 11.8 Å². The molecule has 1 heterocycles. The number of nitrogens with two attached hydrogens (primary N) is 1. The number of carbonyl (C=O) groups is 2. The number of amides is 2. The third-order valence-corrected chi connectivity index (χ3v) is 3.74. The van der Waals surface area contributed by atoms with Gasteiger partial charge in [-0.05, 0) is 18.6 Å². The van der Waals surface area contributed by atoms with E-state index in [9.17, 15) is 9.59 Å². The standard InChI is InChI=1S/C18H16N2O3/c1-11-13-9-5-6-10-14(13)23-16(11)18(22)20-15(17(19)21)12-7-3-2-4-8-12/h2-10,15H,1H3,(H2,19,21)(H,20,22). The van der Waals surface area contributed by atoms with Crippen molar-refractivity contribution < 1.29 is 14.0 Å². The molecule has 0 aliphatic rings. The van der Waals surface area contributed by atoms with Crippen LogP contribution in [-0.2, 0) is 4.79 Å². The van der Waals surface area contributed by atoms with Crippen molar-refractivity contribution in [3.8, 4) is 0 Å². The second-order valence-electron chi connectivity index (χ2n) is 5.27. The van der Waals surface area contributed by atoms with Gasteiger partial charge in [-0.2, -0.15) is 0 Å². The van der Waals surface area contributed by atoms with E-state index in [1.54, 1.807) is 30.3 Å². The van der Waals surface area contributed by atoms with Gasteiger partial charge in [0.25, 0.3) is 5.91 Å². The number of hydrogen-bond acceptors (Lipinski definition) is 3. The summed E-state index contributed by atoms with van der Waals surface area (Å²) >= 11 is 0. The van der Waals surface area contributed by atoms with Crippen LogP contribution in [0.1, 0.15) is 27.7 Å². The molecule has 3 rings (SSSR count). The zero-order valence-electron chi connectivity index (χ0n) is 12.6. The van der Waals surface area contributed by atoms with Crippen molar-refractivity contribution >= 4 is 22.8 Å². The van der Waals surface area contributed by atoms with Gasteiger partial charge in [0.1, 0.15) is 11.6 Å². The first-order valence-corrected chi connectivity index (χ1v) is 7.21.